The summed E-state index contributed by atoms with van der Waals surface area (Å²) in [7, 11) is 0. The number of halogens is 1. The Bertz CT molecular complexity index is 473. The monoisotopic (exact) mass is 330 g/mol. The van der Waals surface area contributed by atoms with Crippen LogP contribution in [0.3, 0.4) is 0 Å². The van der Waals surface area contributed by atoms with Gasteiger partial charge >= 0.3 is 0 Å². The number of nitrogen functional groups attached to an aromatic ring is 1. The highest BCUT2D eigenvalue weighted by Gasteiger charge is 1.99. The van der Waals surface area contributed by atoms with E-state index in [4.69, 9.17) is 10.5 Å². The number of nitrogens with zero attached hydrogens (tertiary/aromatic N) is 1. The van der Waals surface area contributed by atoms with E-state index in [1.165, 1.54) is 11.3 Å². The first-order chi connectivity index (χ1) is 8.24. The van der Waals surface area contributed by atoms with Crippen LogP contribution in [0, 0.1) is 0 Å². The lowest BCUT2D eigenvalue weighted by Gasteiger charge is -2.04. The zero-order valence-corrected chi connectivity index (χ0v) is 12.1. The van der Waals surface area contributed by atoms with Gasteiger partial charge in [-0.1, -0.05) is 27.3 Å². The molecule has 2 aromatic rings. The summed E-state index contributed by atoms with van der Waals surface area (Å²) < 4.78 is 7.78. The molecular formula is C11H11BrN2OS2. The molecule has 0 radical (unpaired) electrons. The van der Waals surface area contributed by atoms with Crippen LogP contribution in [-0.2, 0) is 0 Å². The van der Waals surface area contributed by atoms with Gasteiger partial charge in [-0.3, -0.25) is 0 Å². The van der Waals surface area contributed by atoms with E-state index in [0.717, 1.165) is 20.2 Å². The van der Waals surface area contributed by atoms with E-state index in [2.05, 4.69) is 20.9 Å². The number of anilines is 1. The van der Waals surface area contributed by atoms with Gasteiger partial charge in [-0.15, -0.1) is 11.8 Å². The largest absolute Gasteiger partial charge is 0.493 e. The molecule has 0 aliphatic rings. The average molecular weight is 331 g/mol. The fraction of sp³-hybridized carbons (Fsp3) is 0.182. The van der Waals surface area contributed by atoms with Crippen molar-refractivity contribution in [1.29, 1.82) is 0 Å². The quantitative estimate of drug-likeness (QED) is 0.671. The minimum absolute atomic E-state index is 0.612. The number of hydrogen-bond acceptors (Lipinski definition) is 5. The third-order valence-corrected chi connectivity index (χ3v) is 4.43. The smallest absolute Gasteiger partial charge is 0.181 e. The second kappa shape index (κ2) is 6.28. The molecule has 0 fully saturated rings. The van der Waals surface area contributed by atoms with Crippen LogP contribution in [0.25, 0.3) is 0 Å². The SMILES string of the molecule is Nc1ncc(SCCOc2ccc(Br)cc2)s1. The highest BCUT2D eigenvalue weighted by Crippen LogP contribution is 2.26. The molecule has 90 valence electrons. The van der Waals surface area contributed by atoms with Gasteiger partial charge in [0.25, 0.3) is 0 Å². The minimum Gasteiger partial charge on any atom is -0.493 e. The van der Waals surface area contributed by atoms with Crippen molar-refractivity contribution in [3.8, 4) is 5.75 Å². The second-order valence-electron chi connectivity index (χ2n) is 3.17. The number of hydrogen-bond donors (Lipinski definition) is 1. The first-order valence-corrected chi connectivity index (χ1v) is 7.56. The predicted molar refractivity (Wildman–Crippen MR) is 76.9 cm³/mol. The van der Waals surface area contributed by atoms with Crippen LogP contribution in [0.4, 0.5) is 5.13 Å². The normalized spacial score (nSPS) is 10.4. The molecule has 0 bridgehead atoms. The third kappa shape index (κ3) is 4.22. The van der Waals surface area contributed by atoms with Crippen LogP contribution >= 0.6 is 39.0 Å². The molecule has 6 heteroatoms. The first kappa shape index (κ1) is 12.7. The highest BCUT2D eigenvalue weighted by atomic mass is 79.9. The maximum absolute atomic E-state index is 5.60. The van der Waals surface area contributed by atoms with Crippen LogP contribution in [0.2, 0.25) is 0 Å². The zero-order chi connectivity index (χ0) is 12.1. The van der Waals surface area contributed by atoms with E-state index in [1.807, 2.05) is 24.3 Å². The van der Waals surface area contributed by atoms with Gasteiger partial charge in [0.2, 0.25) is 0 Å². The maximum Gasteiger partial charge on any atom is 0.181 e. The molecule has 1 aromatic carbocycles. The van der Waals surface area contributed by atoms with Crippen LogP contribution in [0.1, 0.15) is 0 Å². The van der Waals surface area contributed by atoms with E-state index >= 15 is 0 Å². The standard InChI is InChI=1S/C11H11BrN2OS2/c12-8-1-3-9(4-2-8)15-5-6-16-10-7-14-11(13)17-10/h1-4,7H,5-6H2,(H2,13,14). The fourth-order valence-electron chi connectivity index (χ4n) is 1.17. The molecule has 2 rings (SSSR count). The Labute approximate surface area is 117 Å². The number of aromatic nitrogens is 1. The van der Waals surface area contributed by atoms with E-state index in [0.29, 0.717) is 11.7 Å². The Morgan fingerprint density at radius 2 is 2.12 bits per heavy atom. The van der Waals surface area contributed by atoms with Gasteiger partial charge in [0.15, 0.2) is 5.13 Å². The molecule has 17 heavy (non-hydrogen) atoms. The predicted octanol–water partition coefficient (Wildman–Crippen LogP) is 3.66. The van der Waals surface area contributed by atoms with Crippen molar-refractivity contribution in [2.75, 3.05) is 18.1 Å². The van der Waals surface area contributed by atoms with Crippen molar-refractivity contribution in [2.45, 2.75) is 4.21 Å². The molecule has 0 aliphatic carbocycles. The van der Waals surface area contributed by atoms with E-state index in [9.17, 15) is 0 Å². The lowest BCUT2D eigenvalue weighted by atomic mass is 10.3. The van der Waals surface area contributed by atoms with Crippen LogP contribution in [-0.4, -0.2) is 17.3 Å². The number of ether oxygens (including phenoxy) is 1. The van der Waals surface area contributed by atoms with E-state index in [1.54, 1.807) is 18.0 Å². The molecule has 0 aliphatic heterocycles. The molecule has 0 unspecified atom stereocenters. The van der Waals surface area contributed by atoms with Gasteiger partial charge < -0.3 is 10.5 Å². The van der Waals surface area contributed by atoms with Crippen molar-refractivity contribution in [2.24, 2.45) is 0 Å². The second-order valence-corrected chi connectivity index (χ2v) is 6.54. The van der Waals surface area contributed by atoms with E-state index in [-0.39, 0.29) is 0 Å². The van der Waals surface area contributed by atoms with Gasteiger partial charge in [-0.05, 0) is 24.3 Å². The zero-order valence-electron chi connectivity index (χ0n) is 8.93. The Morgan fingerprint density at radius 1 is 1.35 bits per heavy atom. The number of nitrogens with two attached hydrogens (primary N) is 1. The van der Waals surface area contributed by atoms with Crippen LogP contribution in [0.15, 0.2) is 39.1 Å². The summed E-state index contributed by atoms with van der Waals surface area (Å²) >= 11 is 6.59. The van der Waals surface area contributed by atoms with Crippen molar-refractivity contribution in [1.82, 2.24) is 4.98 Å². The van der Waals surface area contributed by atoms with Crippen molar-refractivity contribution < 1.29 is 4.74 Å². The average Bonchev–Trinajstić information content (AvgIpc) is 2.73. The summed E-state index contributed by atoms with van der Waals surface area (Å²) in [6.07, 6.45) is 1.80. The molecule has 0 saturated carbocycles. The summed E-state index contributed by atoms with van der Waals surface area (Å²) in [5.74, 6) is 1.77. The molecule has 1 heterocycles. The van der Waals surface area contributed by atoms with Crippen LogP contribution in [0.5, 0.6) is 5.75 Å². The molecule has 0 amide bonds. The van der Waals surface area contributed by atoms with Crippen molar-refractivity contribution in [3.63, 3.8) is 0 Å². The Balaban J connectivity index is 1.71. The maximum atomic E-state index is 5.60. The molecule has 1 aromatic heterocycles. The lowest BCUT2D eigenvalue weighted by molar-refractivity contribution is 0.344. The Morgan fingerprint density at radius 3 is 2.76 bits per heavy atom. The molecule has 0 saturated heterocycles. The van der Waals surface area contributed by atoms with Crippen LogP contribution < -0.4 is 10.5 Å². The summed E-state index contributed by atoms with van der Waals surface area (Å²) in [6, 6.07) is 7.82. The Hall–Kier alpha value is -0.720. The highest BCUT2D eigenvalue weighted by molar-refractivity contribution is 9.10. The van der Waals surface area contributed by atoms with Gasteiger partial charge in [0.05, 0.1) is 17.0 Å². The molecule has 0 spiro atoms. The molecule has 3 nitrogen and oxygen atoms in total. The minimum atomic E-state index is 0.612. The lowest BCUT2D eigenvalue weighted by Crippen LogP contribution is -1.99. The fourth-order valence-corrected chi connectivity index (χ4v) is 3.09. The summed E-state index contributed by atoms with van der Waals surface area (Å²) in [4.78, 5) is 3.99. The van der Waals surface area contributed by atoms with Crippen molar-refractivity contribution >= 4 is 44.2 Å². The molecule has 0 atom stereocenters. The topological polar surface area (TPSA) is 48.1 Å². The third-order valence-electron chi connectivity index (χ3n) is 1.91. The van der Waals surface area contributed by atoms with Crippen molar-refractivity contribution in [3.05, 3.63) is 34.9 Å². The Kier molecular flexibility index (Phi) is 4.70. The molecular weight excluding hydrogens is 320 g/mol. The van der Waals surface area contributed by atoms with Gasteiger partial charge in [0.1, 0.15) is 5.75 Å². The number of thioether (sulfide) groups is 1. The van der Waals surface area contributed by atoms with Gasteiger partial charge in [-0.2, -0.15) is 0 Å². The first-order valence-electron chi connectivity index (χ1n) is 4.96. The van der Waals surface area contributed by atoms with E-state index < -0.39 is 0 Å². The summed E-state index contributed by atoms with van der Waals surface area (Å²) in [5, 5.41) is 0.612. The number of rotatable bonds is 5. The molecule has 2 N–H and O–H groups in total. The summed E-state index contributed by atoms with van der Waals surface area (Å²) in [5.41, 5.74) is 5.55. The number of thiazole rings is 1. The van der Waals surface area contributed by atoms with Gasteiger partial charge in [-0.25, -0.2) is 4.98 Å². The number of benzene rings is 1. The van der Waals surface area contributed by atoms with Gasteiger partial charge in [0, 0.05) is 10.2 Å². The summed E-state index contributed by atoms with van der Waals surface area (Å²) in [6.45, 7) is 0.671.